The van der Waals surface area contributed by atoms with Crippen LogP contribution in [0.3, 0.4) is 0 Å². The van der Waals surface area contributed by atoms with E-state index in [0.717, 1.165) is 5.56 Å². The molecule has 1 amide bonds. The molecule has 100 valence electrons. The summed E-state index contributed by atoms with van der Waals surface area (Å²) < 4.78 is 15.8. The van der Waals surface area contributed by atoms with Crippen LogP contribution in [0.25, 0.3) is 0 Å². The lowest BCUT2D eigenvalue weighted by Crippen LogP contribution is -2.22. The van der Waals surface area contributed by atoms with Crippen LogP contribution < -0.4 is 19.5 Å². The molecule has 0 aromatic heterocycles. The fourth-order valence-corrected chi connectivity index (χ4v) is 1.73. The van der Waals surface area contributed by atoms with E-state index in [1.54, 1.807) is 21.3 Å². The molecular formula is C13H19NO4. The second kappa shape index (κ2) is 6.74. The molecule has 0 radical (unpaired) electrons. The monoisotopic (exact) mass is 253 g/mol. The maximum absolute atomic E-state index is 10.8. The Labute approximate surface area is 107 Å². The first-order valence-electron chi connectivity index (χ1n) is 5.66. The third kappa shape index (κ3) is 3.29. The number of benzene rings is 1. The van der Waals surface area contributed by atoms with Crippen molar-refractivity contribution in [3.8, 4) is 17.2 Å². The van der Waals surface area contributed by atoms with Crippen molar-refractivity contribution in [2.45, 2.75) is 13.3 Å². The van der Waals surface area contributed by atoms with Crippen molar-refractivity contribution in [3.63, 3.8) is 0 Å². The zero-order valence-corrected chi connectivity index (χ0v) is 11.2. The van der Waals surface area contributed by atoms with Gasteiger partial charge in [0.2, 0.25) is 11.7 Å². The molecule has 0 saturated heterocycles. The molecule has 1 N–H and O–H groups in total. The van der Waals surface area contributed by atoms with Crippen LogP contribution in [0.4, 0.5) is 0 Å². The molecule has 0 aliphatic carbocycles. The molecule has 0 aliphatic rings. The van der Waals surface area contributed by atoms with E-state index in [4.69, 9.17) is 14.2 Å². The van der Waals surface area contributed by atoms with Gasteiger partial charge in [-0.05, 0) is 12.5 Å². The number of rotatable bonds is 6. The normalized spacial score (nSPS) is 9.78. The van der Waals surface area contributed by atoms with Crippen molar-refractivity contribution in [3.05, 3.63) is 17.7 Å². The predicted octanol–water partition coefficient (Wildman–Crippen LogP) is 1.39. The van der Waals surface area contributed by atoms with Gasteiger partial charge in [0.1, 0.15) is 0 Å². The average molecular weight is 253 g/mol. The molecule has 5 nitrogen and oxygen atoms in total. The minimum absolute atomic E-state index is 0.0468. The molecule has 5 heteroatoms. The van der Waals surface area contributed by atoms with Gasteiger partial charge in [0.05, 0.1) is 21.3 Å². The van der Waals surface area contributed by atoms with Gasteiger partial charge >= 0.3 is 0 Å². The highest BCUT2D eigenvalue weighted by Crippen LogP contribution is 2.39. The Kier molecular flexibility index (Phi) is 5.30. The first kappa shape index (κ1) is 14.2. The van der Waals surface area contributed by atoms with Gasteiger partial charge < -0.3 is 19.5 Å². The van der Waals surface area contributed by atoms with Crippen LogP contribution in [0, 0.1) is 0 Å². The van der Waals surface area contributed by atoms with Gasteiger partial charge in [-0.25, -0.2) is 0 Å². The standard InChI is InChI=1S/C13H19NO4/c1-9(15)14-8-7-10-5-6-11(16-2)13(18-4)12(10)17-3/h5-6H,7-8H2,1-4H3,(H,14,15). The summed E-state index contributed by atoms with van der Waals surface area (Å²) in [4.78, 5) is 10.8. The van der Waals surface area contributed by atoms with Crippen molar-refractivity contribution < 1.29 is 19.0 Å². The fourth-order valence-electron chi connectivity index (χ4n) is 1.73. The highest BCUT2D eigenvalue weighted by atomic mass is 16.5. The number of hydrogen-bond donors (Lipinski definition) is 1. The minimum atomic E-state index is -0.0468. The van der Waals surface area contributed by atoms with Gasteiger partial charge in [0.15, 0.2) is 11.5 Å². The summed E-state index contributed by atoms with van der Waals surface area (Å²) in [7, 11) is 4.73. The summed E-state index contributed by atoms with van der Waals surface area (Å²) in [6.07, 6.45) is 0.670. The van der Waals surface area contributed by atoms with Crippen LogP contribution in [0.2, 0.25) is 0 Å². The Balaban J connectivity index is 2.94. The SMILES string of the molecule is COc1ccc(CCNC(C)=O)c(OC)c1OC. The highest BCUT2D eigenvalue weighted by molar-refractivity contribution is 5.72. The lowest BCUT2D eigenvalue weighted by atomic mass is 10.1. The van der Waals surface area contributed by atoms with Crippen molar-refractivity contribution >= 4 is 5.91 Å². The van der Waals surface area contributed by atoms with E-state index in [9.17, 15) is 4.79 Å². The van der Waals surface area contributed by atoms with E-state index in [0.29, 0.717) is 30.2 Å². The summed E-state index contributed by atoms with van der Waals surface area (Å²) in [5, 5.41) is 2.74. The van der Waals surface area contributed by atoms with E-state index >= 15 is 0 Å². The Morgan fingerprint density at radius 1 is 1.11 bits per heavy atom. The number of amides is 1. The Hall–Kier alpha value is -1.91. The number of hydrogen-bond acceptors (Lipinski definition) is 4. The summed E-state index contributed by atoms with van der Waals surface area (Å²) in [5.74, 6) is 1.79. The number of carbonyl (C=O) groups is 1. The van der Waals surface area contributed by atoms with Crippen LogP contribution >= 0.6 is 0 Å². The number of nitrogens with one attached hydrogen (secondary N) is 1. The van der Waals surface area contributed by atoms with Crippen molar-refractivity contribution in [1.29, 1.82) is 0 Å². The van der Waals surface area contributed by atoms with E-state index in [2.05, 4.69) is 5.32 Å². The lowest BCUT2D eigenvalue weighted by Gasteiger charge is -2.15. The second-order valence-electron chi connectivity index (χ2n) is 3.73. The topological polar surface area (TPSA) is 56.8 Å². The van der Waals surface area contributed by atoms with Crippen molar-refractivity contribution in [2.75, 3.05) is 27.9 Å². The summed E-state index contributed by atoms with van der Waals surface area (Å²) >= 11 is 0. The summed E-state index contributed by atoms with van der Waals surface area (Å²) in [5.41, 5.74) is 0.962. The third-order valence-electron chi connectivity index (χ3n) is 2.55. The molecule has 0 heterocycles. The zero-order chi connectivity index (χ0) is 13.5. The largest absolute Gasteiger partial charge is 0.493 e. The van der Waals surface area contributed by atoms with Gasteiger partial charge in [-0.2, -0.15) is 0 Å². The highest BCUT2D eigenvalue weighted by Gasteiger charge is 2.15. The van der Waals surface area contributed by atoms with Gasteiger partial charge in [-0.15, -0.1) is 0 Å². The smallest absolute Gasteiger partial charge is 0.216 e. The van der Waals surface area contributed by atoms with Gasteiger partial charge in [-0.1, -0.05) is 6.07 Å². The average Bonchev–Trinajstić information content (AvgIpc) is 2.37. The van der Waals surface area contributed by atoms with Crippen LogP contribution in [0.5, 0.6) is 17.2 Å². The van der Waals surface area contributed by atoms with Gasteiger partial charge in [0.25, 0.3) is 0 Å². The van der Waals surface area contributed by atoms with Crippen LogP contribution in [0.1, 0.15) is 12.5 Å². The molecule has 0 spiro atoms. The van der Waals surface area contributed by atoms with Crippen molar-refractivity contribution in [2.24, 2.45) is 0 Å². The van der Waals surface area contributed by atoms with Crippen LogP contribution in [0.15, 0.2) is 12.1 Å². The molecule has 0 fully saturated rings. The Morgan fingerprint density at radius 2 is 1.78 bits per heavy atom. The molecule has 0 atom stereocenters. The van der Waals surface area contributed by atoms with Gasteiger partial charge in [-0.3, -0.25) is 4.79 Å². The molecule has 0 unspecified atom stereocenters. The summed E-state index contributed by atoms with van der Waals surface area (Å²) in [6, 6.07) is 3.73. The van der Waals surface area contributed by atoms with E-state index < -0.39 is 0 Å². The maximum atomic E-state index is 10.8. The minimum Gasteiger partial charge on any atom is -0.493 e. The van der Waals surface area contributed by atoms with E-state index in [1.165, 1.54) is 6.92 Å². The molecular weight excluding hydrogens is 234 g/mol. The maximum Gasteiger partial charge on any atom is 0.216 e. The molecule has 0 aliphatic heterocycles. The number of methoxy groups -OCH3 is 3. The third-order valence-corrected chi connectivity index (χ3v) is 2.55. The molecule has 0 saturated carbocycles. The predicted molar refractivity (Wildman–Crippen MR) is 68.5 cm³/mol. The summed E-state index contributed by atoms with van der Waals surface area (Å²) in [6.45, 7) is 2.05. The zero-order valence-electron chi connectivity index (χ0n) is 11.2. The molecule has 18 heavy (non-hydrogen) atoms. The molecule has 1 rings (SSSR count). The fraction of sp³-hybridized carbons (Fsp3) is 0.462. The Bertz CT molecular complexity index is 418. The molecule has 1 aromatic carbocycles. The van der Waals surface area contributed by atoms with Crippen LogP contribution in [-0.4, -0.2) is 33.8 Å². The first-order chi connectivity index (χ1) is 8.63. The quantitative estimate of drug-likeness (QED) is 0.832. The van der Waals surface area contributed by atoms with E-state index in [-0.39, 0.29) is 5.91 Å². The van der Waals surface area contributed by atoms with E-state index in [1.807, 2.05) is 12.1 Å². The first-order valence-corrected chi connectivity index (χ1v) is 5.66. The van der Waals surface area contributed by atoms with Gasteiger partial charge in [0, 0.05) is 19.0 Å². The molecule has 0 bridgehead atoms. The molecule has 1 aromatic rings. The number of carbonyl (C=O) groups excluding carboxylic acids is 1. The van der Waals surface area contributed by atoms with Crippen molar-refractivity contribution in [1.82, 2.24) is 5.32 Å². The lowest BCUT2D eigenvalue weighted by molar-refractivity contribution is -0.118. The Morgan fingerprint density at radius 3 is 2.28 bits per heavy atom. The second-order valence-corrected chi connectivity index (χ2v) is 3.73. The van der Waals surface area contributed by atoms with Crippen LogP contribution in [-0.2, 0) is 11.2 Å². The number of ether oxygens (including phenoxy) is 3.